The van der Waals surface area contributed by atoms with Gasteiger partial charge in [0.05, 0.1) is 25.4 Å². The standard InChI is InChI=1S/C16H27NO4/c1-19-12-13-21-10-5-9-20-11-8-16(17,14-18)15-6-3-2-4-7-15/h2-4,6-7,18H,5,8-14,17H2,1H3. The summed E-state index contributed by atoms with van der Waals surface area (Å²) in [7, 11) is 1.65. The van der Waals surface area contributed by atoms with Crippen LogP contribution in [0.25, 0.3) is 0 Å². The Morgan fingerprint density at radius 2 is 1.67 bits per heavy atom. The number of benzene rings is 1. The fourth-order valence-corrected chi connectivity index (χ4v) is 1.95. The molecule has 1 aromatic carbocycles. The van der Waals surface area contributed by atoms with Gasteiger partial charge in [0.15, 0.2) is 0 Å². The highest BCUT2D eigenvalue weighted by atomic mass is 16.5. The van der Waals surface area contributed by atoms with Gasteiger partial charge in [0, 0.05) is 26.9 Å². The first-order chi connectivity index (χ1) is 10.2. The van der Waals surface area contributed by atoms with E-state index in [2.05, 4.69) is 0 Å². The zero-order valence-electron chi connectivity index (χ0n) is 12.8. The monoisotopic (exact) mass is 297 g/mol. The lowest BCUT2D eigenvalue weighted by Gasteiger charge is -2.27. The number of ether oxygens (including phenoxy) is 3. The van der Waals surface area contributed by atoms with Crippen LogP contribution >= 0.6 is 0 Å². The van der Waals surface area contributed by atoms with Crippen LogP contribution in [0.1, 0.15) is 18.4 Å². The van der Waals surface area contributed by atoms with E-state index in [1.54, 1.807) is 7.11 Å². The SMILES string of the molecule is COCCOCCCOCCC(N)(CO)c1ccccc1. The third-order valence-corrected chi connectivity index (χ3v) is 3.33. The molecule has 0 aromatic heterocycles. The Balaban J connectivity index is 2.15. The van der Waals surface area contributed by atoms with E-state index in [0.29, 0.717) is 39.5 Å². The molecular weight excluding hydrogens is 270 g/mol. The number of aliphatic hydroxyl groups is 1. The second kappa shape index (κ2) is 10.7. The minimum atomic E-state index is -0.740. The number of hydrogen-bond acceptors (Lipinski definition) is 5. The van der Waals surface area contributed by atoms with Gasteiger partial charge in [-0.2, -0.15) is 0 Å². The van der Waals surface area contributed by atoms with Crippen LogP contribution in [0.3, 0.4) is 0 Å². The Morgan fingerprint density at radius 3 is 2.29 bits per heavy atom. The van der Waals surface area contributed by atoms with Gasteiger partial charge in [0.1, 0.15) is 0 Å². The number of hydrogen-bond donors (Lipinski definition) is 2. The summed E-state index contributed by atoms with van der Waals surface area (Å²) in [6.45, 7) is 2.94. The van der Waals surface area contributed by atoms with Gasteiger partial charge < -0.3 is 25.1 Å². The quantitative estimate of drug-likeness (QED) is 0.569. The maximum absolute atomic E-state index is 9.55. The molecule has 21 heavy (non-hydrogen) atoms. The van der Waals surface area contributed by atoms with Crippen molar-refractivity contribution in [2.75, 3.05) is 46.8 Å². The minimum Gasteiger partial charge on any atom is -0.394 e. The molecule has 1 unspecified atom stereocenters. The first-order valence-corrected chi connectivity index (χ1v) is 7.32. The predicted octanol–water partition coefficient (Wildman–Crippen LogP) is 1.29. The normalized spacial score (nSPS) is 14.0. The number of nitrogens with two attached hydrogens (primary N) is 1. The molecule has 0 saturated carbocycles. The summed E-state index contributed by atoms with van der Waals surface area (Å²) < 4.78 is 15.8. The van der Waals surface area contributed by atoms with Gasteiger partial charge in [-0.05, 0) is 18.4 Å². The van der Waals surface area contributed by atoms with Gasteiger partial charge >= 0.3 is 0 Å². The zero-order valence-corrected chi connectivity index (χ0v) is 12.8. The van der Waals surface area contributed by atoms with E-state index >= 15 is 0 Å². The number of methoxy groups -OCH3 is 1. The largest absolute Gasteiger partial charge is 0.394 e. The first-order valence-electron chi connectivity index (χ1n) is 7.32. The predicted molar refractivity (Wildman–Crippen MR) is 82.1 cm³/mol. The lowest BCUT2D eigenvalue weighted by molar-refractivity contribution is 0.0456. The molecule has 0 amide bonds. The van der Waals surface area contributed by atoms with E-state index in [1.165, 1.54) is 0 Å². The van der Waals surface area contributed by atoms with Gasteiger partial charge in [0.2, 0.25) is 0 Å². The van der Waals surface area contributed by atoms with Gasteiger partial charge in [-0.15, -0.1) is 0 Å². The van der Waals surface area contributed by atoms with Crippen LogP contribution in [0.2, 0.25) is 0 Å². The molecule has 1 atom stereocenters. The molecule has 0 bridgehead atoms. The van der Waals surface area contributed by atoms with Crippen LogP contribution in [0.4, 0.5) is 0 Å². The second-order valence-corrected chi connectivity index (χ2v) is 5.00. The van der Waals surface area contributed by atoms with Crippen molar-refractivity contribution in [3.8, 4) is 0 Å². The number of aliphatic hydroxyl groups excluding tert-OH is 1. The van der Waals surface area contributed by atoms with Crippen LogP contribution < -0.4 is 5.73 Å². The highest BCUT2D eigenvalue weighted by Crippen LogP contribution is 2.21. The molecule has 120 valence electrons. The van der Waals surface area contributed by atoms with Gasteiger partial charge in [-0.25, -0.2) is 0 Å². The summed E-state index contributed by atoms with van der Waals surface area (Å²) in [5.74, 6) is 0. The maximum Gasteiger partial charge on any atom is 0.0700 e. The van der Waals surface area contributed by atoms with Crippen molar-refractivity contribution in [3.05, 3.63) is 35.9 Å². The van der Waals surface area contributed by atoms with E-state index < -0.39 is 5.54 Å². The summed E-state index contributed by atoms with van der Waals surface area (Å²) >= 11 is 0. The molecule has 0 saturated heterocycles. The van der Waals surface area contributed by atoms with E-state index in [-0.39, 0.29) is 6.61 Å². The van der Waals surface area contributed by atoms with Crippen molar-refractivity contribution in [1.82, 2.24) is 0 Å². The molecule has 0 aliphatic carbocycles. The second-order valence-electron chi connectivity index (χ2n) is 5.00. The van der Waals surface area contributed by atoms with Crippen molar-refractivity contribution < 1.29 is 19.3 Å². The van der Waals surface area contributed by atoms with Crippen molar-refractivity contribution in [2.24, 2.45) is 5.73 Å². The third kappa shape index (κ3) is 7.02. The van der Waals surface area contributed by atoms with Crippen molar-refractivity contribution in [3.63, 3.8) is 0 Å². The minimum absolute atomic E-state index is 0.0967. The van der Waals surface area contributed by atoms with Crippen molar-refractivity contribution in [1.29, 1.82) is 0 Å². The Kier molecular flexibility index (Phi) is 9.21. The van der Waals surface area contributed by atoms with E-state index in [9.17, 15) is 5.11 Å². The lowest BCUT2D eigenvalue weighted by atomic mass is 9.89. The molecule has 0 fully saturated rings. The molecule has 0 aliphatic rings. The van der Waals surface area contributed by atoms with E-state index in [1.807, 2.05) is 30.3 Å². The Labute approximate surface area is 127 Å². The van der Waals surface area contributed by atoms with Gasteiger partial charge in [-0.1, -0.05) is 30.3 Å². The van der Waals surface area contributed by atoms with Crippen LogP contribution in [-0.2, 0) is 19.7 Å². The molecule has 3 N–H and O–H groups in total. The summed E-state index contributed by atoms with van der Waals surface area (Å²) in [6.07, 6.45) is 1.42. The van der Waals surface area contributed by atoms with Crippen LogP contribution in [-0.4, -0.2) is 51.9 Å². The Morgan fingerprint density at radius 1 is 1.00 bits per heavy atom. The molecule has 1 aromatic rings. The molecule has 5 heteroatoms. The molecule has 0 heterocycles. The molecule has 0 radical (unpaired) electrons. The molecule has 5 nitrogen and oxygen atoms in total. The third-order valence-electron chi connectivity index (χ3n) is 3.33. The maximum atomic E-state index is 9.55. The first kappa shape index (κ1) is 18.1. The van der Waals surface area contributed by atoms with Gasteiger partial charge in [-0.3, -0.25) is 0 Å². The number of rotatable bonds is 12. The molecule has 0 aliphatic heterocycles. The Bertz CT molecular complexity index is 361. The lowest BCUT2D eigenvalue weighted by Crippen LogP contribution is -2.41. The average Bonchev–Trinajstić information content (AvgIpc) is 2.54. The fourth-order valence-electron chi connectivity index (χ4n) is 1.95. The summed E-state index contributed by atoms with van der Waals surface area (Å²) in [5.41, 5.74) is 6.44. The molecular formula is C16H27NO4. The summed E-state index contributed by atoms with van der Waals surface area (Å²) in [6, 6.07) is 9.64. The smallest absolute Gasteiger partial charge is 0.0700 e. The zero-order chi connectivity index (χ0) is 15.4. The van der Waals surface area contributed by atoms with E-state index in [4.69, 9.17) is 19.9 Å². The van der Waals surface area contributed by atoms with Crippen LogP contribution in [0, 0.1) is 0 Å². The highest BCUT2D eigenvalue weighted by Gasteiger charge is 2.25. The molecule has 0 spiro atoms. The van der Waals surface area contributed by atoms with Crippen LogP contribution in [0.15, 0.2) is 30.3 Å². The topological polar surface area (TPSA) is 73.9 Å². The molecule has 1 rings (SSSR count). The van der Waals surface area contributed by atoms with Gasteiger partial charge in [0.25, 0.3) is 0 Å². The van der Waals surface area contributed by atoms with Crippen LogP contribution in [0.5, 0.6) is 0 Å². The van der Waals surface area contributed by atoms with Crippen molar-refractivity contribution in [2.45, 2.75) is 18.4 Å². The van der Waals surface area contributed by atoms with Crippen molar-refractivity contribution >= 4 is 0 Å². The average molecular weight is 297 g/mol. The highest BCUT2D eigenvalue weighted by molar-refractivity contribution is 5.23. The van der Waals surface area contributed by atoms with E-state index in [0.717, 1.165) is 12.0 Å². The Hall–Kier alpha value is -0.980. The summed E-state index contributed by atoms with van der Waals surface area (Å²) in [5, 5.41) is 9.55. The fraction of sp³-hybridized carbons (Fsp3) is 0.625. The summed E-state index contributed by atoms with van der Waals surface area (Å²) in [4.78, 5) is 0.